The van der Waals surface area contributed by atoms with E-state index in [2.05, 4.69) is 10.5 Å². The lowest BCUT2D eigenvalue weighted by Gasteiger charge is -2.06. The summed E-state index contributed by atoms with van der Waals surface area (Å²) >= 11 is 0. The summed E-state index contributed by atoms with van der Waals surface area (Å²) in [6.45, 7) is 2.24. The van der Waals surface area contributed by atoms with Crippen LogP contribution in [0.2, 0.25) is 0 Å². The predicted octanol–water partition coefficient (Wildman–Crippen LogP) is 1.25. The van der Waals surface area contributed by atoms with Crippen molar-refractivity contribution in [2.45, 2.75) is 6.92 Å². The van der Waals surface area contributed by atoms with Crippen molar-refractivity contribution >= 4 is 12.1 Å². The van der Waals surface area contributed by atoms with E-state index in [0.29, 0.717) is 23.5 Å². The van der Waals surface area contributed by atoms with Crippen LogP contribution in [0.3, 0.4) is 0 Å². The molecule has 7 nitrogen and oxygen atoms in total. The molecule has 120 valence electrons. The summed E-state index contributed by atoms with van der Waals surface area (Å²) in [4.78, 5) is 23.2. The summed E-state index contributed by atoms with van der Waals surface area (Å²) in [7, 11) is 1.56. The summed E-state index contributed by atoms with van der Waals surface area (Å²) in [6.07, 6.45) is 2.86. The number of hydrogen-bond acceptors (Lipinski definition) is 5. The molecule has 0 radical (unpaired) electrons. The van der Waals surface area contributed by atoms with Crippen molar-refractivity contribution in [1.29, 1.82) is 0 Å². The minimum Gasteiger partial charge on any atom is -0.504 e. The minimum absolute atomic E-state index is 0.0400. The number of benzene rings is 1. The lowest BCUT2D eigenvalue weighted by molar-refractivity contribution is 0.0954. The highest BCUT2D eigenvalue weighted by molar-refractivity contribution is 5.94. The van der Waals surface area contributed by atoms with Crippen LogP contribution in [0, 0.1) is 0 Å². The Morgan fingerprint density at radius 2 is 2.17 bits per heavy atom. The molecule has 0 unspecified atom stereocenters. The number of hydrazone groups is 1. The smallest absolute Gasteiger partial charge is 0.272 e. The number of amides is 1. The Morgan fingerprint density at radius 3 is 2.87 bits per heavy atom. The molecule has 0 saturated carbocycles. The molecule has 1 aromatic heterocycles. The summed E-state index contributed by atoms with van der Waals surface area (Å²) < 4.78 is 6.58. The molecule has 1 heterocycles. The fourth-order valence-electron chi connectivity index (χ4n) is 1.84. The van der Waals surface area contributed by atoms with Crippen molar-refractivity contribution in [3.8, 4) is 11.5 Å². The third-order valence-electron chi connectivity index (χ3n) is 3.01. The molecule has 0 spiro atoms. The Kier molecular flexibility index (Phi) is 5.14. The number of phenols is 1. The fourth-order valence-corrected chi connectivity index (χ4v) is 1.84. The maximum absolute atomic E-state index is 11.9. The number of ether oxygens (including phenoxy) is 1. The molecular weight excluding hydrogens is 298 g/mol. The molecule has 1 amide bonds. The molecular formula is C16H17N3O4. The van der Waals surface area contributed by atoms with E-state index < -0.39 is 5.91 Å². The van der Waals surface area contributed by atoms with E-state index in [0.717, 1.165) is 0 Å². The third kappa shape index (κ3) is 4.19. The van der Waals surface area contributed by atoms with Crippen molar-refractivity contribution in [2.24, 2.45) is 12.1 Å². The molecule has 0 aliphatic rings. The van der Waals surface area contributed by atoms with E-state index in [1.165, 1.54) is 35.2 Å². The topological polar surface area (TPSA) is 92.9 Å². The molecule has 0 aliphatic heterocycles. The Bertz CT molecular complexity index is 796. The number of pyridine rings is 1. The van der Waals surface area contributed by atoms with Gasteiger partial charge in [-0.25, -0.2) is 5.43 Å². The quantitative estimate of drug-likeness (QED) is 0.641. The first-order valence-electron chi connectivity index (χ1n) is 6.97. The van der Waals surface area contributed by atoms with E-state index in [4.69, 9.17) is 4.74 Å². The van der Waals surface area contributed by atoms with E-state index in [9.17, 15) is 14.7 Å². The molecule has 0 fully saturated rings. The summed E-state index contributed by atoms with van der Waals surface area (Å²) in [6, 6.07) is 7.48. The predicted molar refractivity (Wildman–Crippen MR) is 86.0 cm³/mol. The molecule has 7 heteroatoms. The SMILES string of the molecule is CCOc1cc(C=NNC(=O)c2ccc(=O)n(C)c2)ccc1O. The standard InChI is InChI=1S/C16H17N3O4/c1-3-23-14-8-11(4-6-13(14)20)9-17-18-16(22)12-5-7-15(21)19(2)10-12/h4-10,20H,3H2,1-2H3,(H,18,22). The third-order valence-corrected chi connectivity index (χ3v) is 3.01. The van der Waals surface area contributed by atoms with Crippen LogP contribution in [0.25, 0.3) is 0 Å². The van der Waals surface area contributed by atoms with E-state index in [-0.39, 0.29) is 11.3 Å². The number of rotatable bonds is 5. The molecule has 23 heavy (non-hydrogen) atoms. The summed E-state index contributed by atoms with van der Waals surface area (Å²) in [5, 5.41) is 13.5. The first kappa shape index (κ1) is 16.3. The lowest BCUT2D eigenvalue weighted by Crippen LogP contribution is -2.22. The van der Waals surface area contributed by atoms with Crippen LogP contribution in [0.15, 0.2) is 46.4 Å². The van der Waals surface area contributed by atoms with Crippen molar-refractivity contribution in [3.05, 3.63) is 58.0 Å². The Labute approximate surface area is 132 Å². The second kappa shape index (κ2) is 7.26. The molecule has 2 N–H and O–H groups in total. The highest BCUT2D eigenvalue weighted by atomic mass is 16.5. The van der Waals surface area contributed by atoms with E-state index >= 15 is 0 Å². The monoisotopic (exact) mass is 315 g/mol. The zero-order valence-electron chi connectivity index (χ0n) is 12.8. The minimum atomic E-state index is -0.430. The Hall–Kier alpha value is -3.09. The molecule has 2 aromatic rings. The van der Waals surface area contributed by atoms with E-state index in [1.807, 2.05) is 6.92 Å². The molecule has 0 atom stereocenters. The normalized spacial score (nSPS) is 10.7. The maximum Gasteiger partial charge on any atom is 0.272 e. The van der Waals surface area contributed by atoms with Gasteiger partial charge in [-0.1, -0.05) is 0 Å². The van der Waals surface area contributed by atoms with Crippen molar-refractivity contribution in [1.82, 2.24) is 9.99 Å². The maximum atomic E-state index is 11.9. The number of nitrogens with one attached hydrogen (secondary N) is 1. The van der Waals surface area contributed by atoms with Gasteiger partial charge in [-0.05, 0) is 36.8 Å². The number of aromatic nitrogens is 1. The average molecular weight is 315 g/mol. The van der Waals surface area contributed by atoms with E-state index in [1.54, 1.807) is 19.2 Å². The number of aromatic hydroxyl groups is 1. The van der Waals surface area contributed by atoms with Gasteiger partial charge < -0.3 is 14.4 Å². The van der Waals surface area contributed by atoms with Crippen molar-refractivity contribution < 1.29 is 14.6 Å². The molecule has 0 bridgehead atoms. The Morgan fingerprint density at radius 1 is 1.39 bits per heavy atom. The molecule has 1 aromatic carbocycles. The van der Waals surface area contributed by atoms with Gasteiger partial charge in [0.15, 0.2) is 11.5 Å². The molecule has 2 rings (SSSR count). The van der Waals surface area contributed by atoms with Crippen LogP contribution >= 0.6 is 0 Å². The highest BCUT2D eigenvalue weighted by Crippen LogP contribution is 2.26. The number of phenolic OH excluding ortho intramolecular Hbond substituents is 1. The molecule has 0 aliphatic carbocycles. The lowest BCUT2D eigenvalue weighted by atomic mass is 10.2. The number of nitrogens with zero attached hydrogens (tertiary/aromatic N) is 2. The summed E-state index contributed by atoms with van der Waals surface area (Å²) in [5.41, 5.74) is 3.16. The second-order valence-corrected chi connectivity index (χ2v) is 4.73. The van der Waals surface area contributed by atoms with Gasteiger partial charge in [0.25, 0.3) is 5.91 Å². The number of carbonyl (C=O) groups excluding carboxylic acids is 1. The van der Waals surface area contributed by atoms with Gasteiger partial charge in [0, 0.05) is 19.3 Å². The summed E-state index contributed by atoms with van der Waals surface area (Å²) in [5.74, 6) is -0.0419. The zero-order chi connectivity index (χ0) is 16.8. The van der Waals surface area contributed by atoms with Crippen LogP contribution in [0.1, 0.15) is 22.8 Å². The van der Waals surface area contributed by atoms with Gasteiger partial charge in [-0.2, -0.15) is 5.10 Å². The largest absolute Gasteiger partial charge is 0.504 e. The number of carbonyl (C=O) groups is 1. The van der Waals surface area contributed by atoms with Gasteiger partial charge in [-0.15, -0.1) is 0 Å². The van der Waals surface area contributed by atoms with Gasteiger partial charge in [0.2, 0.25) is 5.56 Å². The fraction of sp³-hybridized carbons (Fsp3) is 0.188. The van der Waals surface area contributed by atoms with Crippen LogP contribution in [-0.2, 0) is 7.05 Å². The van der Waals surface area contributed by atoms with Crippen molar-refractivity contribution in [2.75, 3.05) is 6.61 Å². The van der Waals surface area contributed by atoms with Crippen LogP contribution in [0.4, 0.5) is 0 Å². The van der Waals surface area contributed by atoms with Gasteiger partial charge in [0.1, 0.15) is 0 Å². The zero-order valence-corrected chi connectivity index (χ0v) is 12.8. The van der Waals surface area contributed by atoms with Gasteiger partial charge in [-0.3, -0.25) is 9.59 Å². The number of hydrogen-bond donors (Lipinski definition) is 2. The first-order valence-corrected chi connectivity index (χ1v) is 6.97. The first-order chi connectivity index (χ1) is 11.0. The second-order valence-electron chi connectivity index (χ2n) is 4.73. The number of aryl methyl sites for hydroxylation is 1. The average Bonchev–Trinajstić information content (AvgIpc) is 2.53. The van der Waals surface area contributed by atoms with Gasteiger partial charge >= 0.3 is 0 Å². The highest BCUT2D eigenvalue weighted by Gasteiger charge is 2.05. The van der Waals surface area contributed by atoms with Crippen LogP contribution < -0.4 is 15.7 Å². The van der Waals surface area contributed by atoms with Crippen LogP contribution in [-0.4, -0.2) is 28.4 Å². The Balaban J connectivity index is 2.06. The van der Waals surface area contributed by atoms with Gasteiger partial charge in [0.05, 0.1) is 18.4 Å². The molecule has 0 saturated heterocycles. The van der Waals surface area contributed by atoms with Crippen LogP contribution in [0.5, 0.6) is 11.5 Å². The van der Waals surface area contributed by atoms with Crippen molar-refractivity contribution in [3.63, 3.8) is 0 Å².